The molecule has 1 N–H and O–H groups in total. The molecule has 0 radical (unpaired) electrons. The lowest BCUT2D eigenvalue weighted by Crippen LogP contribution is -2.43. The Balaban J connectivity index is 1.87. The van der Waals surface area contributed by atoms with E-state index in [0.717, 1.165) is 5.56 Å². The first-order valence-corrected chi connectivity index (χ1v) is 8.11. The van der Waals surface area contributed by atoms with E-state index in [-0.39, 0.29) is 17.8 Å². The molecule has 0 saturated carbocycles. The van der Waals surface area contributed by atoms with Crippen LogP contribution >= 0.6 is 0 Å². The molecular formula is C20H18FNO4. The van der Waals surface area contributed by atoms with Gasteiger partial charge in [-0.2, -0.15) is 0 Å². The summed E-state index contributed by atoms with van der Waals surface area (Å²) in [7, 11) is 1.26. The summed E-state index contributed by atoms with van der Waals surface area (Å²) in [5, 5.41) is 3.15. The largest absolute Gasteiger partial charge is 0.467 e. The van der Waals surface area contributed by atoms with Crippen molar-refractivity contribution in [2.24, 2.45) is 0 Å². The standard InChI is InChI=1S/C20H18FNO4/c1-12-14-9-6-10-15(21)18(14)26-17(12)19(23)22-16(20(24)25-2)11-13-7-4-3-5-8-13/h3-10,16H,11H2,1-2H3,(H,22,23)/t16-/m0/s1. The Kier molecular flexibility index (Phi) is 5.02. The fourth-order valence-electron chi connectivity index (χ4n) is 2.83. The molecule has 1 amide bonds. The van der Waals surface area contributed by atoms with Crippen molar-refractivity contribution >= 4 is 22.8 Å². The van der Waals surface area contributed by atoms with Gasteiger partial charge in [0.2, 0.25) is 0 Å². The van der Waals surface area contributed by atoms with Crippen molar-refractivity contribution in [2.75, 3.05) is 7.11 Å². The third kappa shape index (κ3) is 3.44. The minimum absolute atomic E-state index is 0.0211. The number of methoxy groups -OCH3 is 1. The van der Waals surface area contributed by atoms with Crippen LogP contribution in [0.3, 0.4) is 0 Å². The molecule has 0 aliphatic carbocycles. The number of fused-ring (bicyclic) bond motifs is 1. The first-order valence-electron chi connectivity index (χ1n) is 8.11. The molecule has 1 heterocycles. The number of carbonyl (C=O) groups excluding carboxylic acids is 2. The first kappa shape index (κ1) is 17.7. The predicted molar refractivity (Wildman–Crippen MR) is 94.3 cm³/mol. The fourth-order valence-corrected chi connectivity index (χ4v) is 2.83. The molecule has 3 rings (SSSR count). The van der Waals surface area contributed by atoms with Gasteiger partial charge in [0, 0.05) is 17.4 Å². The minimum atomic E-state index is -0.882. The second kappa shape index (κ2) is 7.39. The van der Waals surface area contributed by atoms with Crippen LogP contribution in [0.1, 0.15) is 21.7 Å². The summed E-state index contributed by atoms with van der Waals surface area (Å²) in [4.78, 5) is 24.7. The molecular weight excluding hydrogens is 337 g/mol. The Morgan fingerprint density at radius 1 is 1.15 bits per heavy atom. The molecule has 0 bridgehead atoms. The molecule has 0 unspecified atom stereocenters. The molecule has 134 valence electrons. The number of rotatable bonds is 5. The van der Waals surface area contributed by atoms with Gasteiger partial charge in [-0.25, -0.2) is 9.18 Å². The zero-order valence-corrected chi connectivity index (χ0v) is 14.4. The lowest BCUT2D eigenvalue weighted by Gasteiger charge is -2.16. The van der Waals surface area contributed by atoms with Gasteiger partial charge < -0.3 is 14.5 Å². The summed E-state index contributed by atoms with van der Waals surface area (Å²) in [5.41, 5.74) is 1.41. The number of aryl methyl sites for hydroxylation is 1. The summed E-state index contributed by atoms with van der Waals surface area (Å²) >= 11 is 0. The molecule has 0 fully saturated rings. The number of hydrogen-bond donors (Lipinski definition) is 1. The van der Waals surface area contributed by atoms with E-state index in [1.54, 1.807) is 19.1 Å². The monoisotopic (exact) mass is 355 g/mol. The number of ether oxygens (including phenoxy) is 1. The lowest BCUT2D eigenvalue weighted by molar-refractivity contribution is -0.142. The molecule has 0 aliphatic heterocycles. The SMILES string of the molecule is COC(=O)[C@H](Cc1ccccc1)NC(=O)c1oc2c(F)cccc2c1C. The lowest BCUT2D eigenvalue weighted by atomic mass is 10.1. The second-order valence-corrected chi connectivity index (χ2v) is 5.91. The number of carbonyl (C=O) groups is 2. The average molecular weight is 355 g/mol. The molecule has 1 aromatic heterocycles. The summed E-state index contributed by atoms with van der Waals surface area (Å²) in [6.07, 6.45) is 0.271. The molecule has 1 atom stereocenters. The van der Waals surface area contributed by atoms with E-state index in [4.69, 9.17) is 9.15 Å². The van der Waals surface area contributed by atoms with Crippen molar-refractivity contribution in [3.05, 3.63) is 71.2 Å². The second-order valence-electron chi connectivity index (χ2n) is 5.91. The third-order valence-electron chi connectivity index (χ3n) is 4.20. The van der Waals surface area contributed by atoms with Gasteiger partial charge in [-0.3, -0.25) is 4.79 Å². The van der Waals surface area contributed by atoms with E-state index in [1.807, 2.05) is 30.3 Å². The smallest absolute Gasteiger partial charge is 0.328 e. The molecule has 5 nitrogen and oxygen atoms in total. The number of hydrogen-bond acceptors (Lipinski definition) is 4. The highest BCUT2D eigenvalue weighted by Crippen LogP contribution is 2.27. The zero-order valence-electron chi connectivity index (χ0n) is 14.4. The quantitative estimate of drug-likeness (QED) is 0.712. The van der Waals surface area contributed by atoms with E-state index in [2.05, 4.69) is 5.32 Å². The van der Waals surface area contributed by atoms with Crippen LogP contribution in [0.15, 0.2) is 52.9 Å². The van der Waals surface area contributed by atoms with Crippen LogP contribution in [0.25, 0.3) is 11.0 Å². The molecule has 0 aliphatic rings. The highest BCUT2D eigenvalue weighted by atomic mass is 19.1. The molecule has 0 spiro atoms. The van der Waals surface area contributed by atoms with Crippen LogP contribution in [-0.4, -0.2) is 25.0 Å². The van der Waals surface area contributed by atoms with Crippen LogP contribution in [0.2, 0.25) is 0 Å². The number of esters is 1. The summed E-state index contributed by atoms with van der Waals surface area (Å²) in [6, 6.07) is 12.9. The van der Waals surface area contributed by atoms with Crippen LogP contribution in [0, 0.1) is 12.7 Å². The highest BCUT2D eigenvalue weighted by Gasteiger charge is 2.26. The number of halogens is 1. The molecule has 26 heavy (non-hydrogen) atoms. The molecule has 0 saturated heterocycles. The van der Waals surface area contributed by atoms with E-state index >= 15 is 0 Å². The Hall–Kier alpha value is -3.15. The van der Waals surface area contributed by atoms with Gasteiger partial charge in [0.1, 0.15) is 6.04 Å². The van der Waals surface area contributed by atoms with Gasteiger partial charge in [0.15, 0.2) is 17.2 Å². The first-order chi connectivity index (χ1) is 12.5. The third-order valence-corrected chi connectivity index (χ3v) is 4.20. The Morgan fingerprint density at radius 2 is 1.88 bits per heavy atom. The van der Waals surface area contributed by atoms with Crippen molar-refractivity contribution in [1.82, 2.24) is 5.32 Å². The van der Waals surface area contributed by atoms with Gasteiger partial charge in [0.05, 0.1) is 7.11 Å². The van der Waals surface area contributed by atoms with Crippen molar-refractivity contribution < 1.29 is 23.1 Å². The predicted octanol–water partition coefficient (Wildman–Crippen LogP) is 3.39. The number of para-hydroxylation sites is 1. The van der Waals surface area contributed by atoms with E-state index < -0.39 is 23.7 Å². The Morgan fingerprint density at radius 3 is 2.54 bits per heavy atom. The van der Waals surface area contributed by atoms with Crippen LogP contribution in [0.5, 0.6) is 0 Å². The van der Waals surface area contributed by atoms with Crippen LogP contribution in [0.4, 0.5) is 4.39 Å². The number of benzene rings is 2. The van der Waals surface area contributed by atoms with E-state index in [1.165, 1.54) is 13.2 Å². The normalized spacial score (nSPS) is 12.0. The maximum absolute atomic E-state index is 13.9. The summed E-state index contributed by atoms with van der Waals surface area (Å²) < 4.78 is 24.1. The van der Waals surface area contributed by atoms with Gasteiger partial charge in [-0.05, 0) is 18.6 Å². The van der Waals surface area contributed by atoms with Crippen LogP contribution < -0.4 is 5.32 Å². The van der Waals surface area contributed by atoms with Crippen molar-refractivity contribution in [1.29, 1.82) is 0 Å². The fraction of sp³-hybridized carbons (Fsp3) is 0.200. The van der Waals surface area contributed by atoms with Crippen LogP contribution in [-0.2, 0) is 16.0 Å². The van der Waals surface area contributed by atoms with Crippen molar-refractivity contribution in [3.8, 4) is 0 Å². The topological polar surface area (TPSA) is 68.5 Å². The number of furan rings is 1. The summed E-state index contributed by atoms with van der Waals surface area (Å²) in [5.74, 6) is -1.72. The van der Waals surface area contributed by atoms with Crippen molar-refractivity contribution in [2.45, 2.75) is 19.4 Å². The maximum Gasteiger partial charge on any atom is 0.328 e. The zero-order chi connectivity index (χ0) is 18.7. The number of amides is 1. The minimum Gasteiger partial charge on any atom is -0.467 e. The Labute approximate surface area is 149 Å². The molecule has 6 heteroatoms. The Bertz CT molecular complexity index is 949. The van der Waals surface area contributed by atoms with Gasteiger partial charge in [-0.15, -0.1) is 0 Å². The van der Waals surface area contributed by atoms with Gasteiger partial charge in [0.25, 0.3) is 5.91 Å². The highest BCUT2D eigenvalue weighted by molar-refractivity contribution is 6.00. The van der Waals surface area contributed by atoms with Crippen molar-refractivity contribution in [3.63, 3.8) is 0 Å². The van der Waals surface area contributed by atoms with Gasteiger partial charge in [-0.1, -0.05) is 42.5 Å². The molecule has 2 aromatic carbocycles. The molecule has 3 aromatic rings. The number of nitrogens with one attached hydrogen (secondary N) is 1. The van der Waals surface area contributed by atoms with E-state index in [9.17, 15) is 14.0 Å². The van der Waals surface area contributed by atoms with Gasteiger partial charge >= 0.3 is 5.97 Å². The maximum atomic E-state index is 13.9. The average Bonchev–Trinajstić information content (AvgIpc) is 3.00. The summed E-state index contributed by atoms with van der Waals surface area (Å²) in [6.45, 7) is 1.67. The van der Waals surface area contributed by atoms with E-state index in [0.29, 0.717) is 10.9 Å².